The average Bonchev–Trinajstić information content (AvgIpc) is 2.99. The van der Waals surface area contributed by atoms with E-state index < -0.39 is 0 Å². The van der Waals surface area contributed by atoms with E-state index in [1.54, 1.807) is 11.3 Å². The Labute approximate surface area is 133 Å². The zero-order valence-corrected chi connectivity index (χ0v) is 14.0. The predicted molar refractivity (Wildman–Crippen MR) is 92.5 cm³/mol. The zero-order chi connectivity index (χ0) is 15.1. The maximum Gasteiger partial charge on any atom is 0.0955 e. The Morgan fingerprint density at radius 1 is 1.14 bits per heavy atom. The topological polar surface area (TPSA) is 12.9 Å². The lowest BCUT2D eigenvalue weighted by molar-refractivity contribution is 0.352. The van der Waals surface area contributed by atoms with E-state index in [0.29, 0.717) is 5.92 Å². The predicted octanol–water partition coefficient (Wildman–Crippen LogP) is 5.75. The summed E-state index contributed by atoms with van der Waals surface area (Å²) >= 11 is 1.73. The van der Waals surface area contributed by atoms with Crippen molar-refractivity contribution in [3.63, 3.8) is 0 Å². The van der Waals surface area contributed by atoms with Crippen LogP contribution >= 0.6 is 11.3 Å². The molecule has 1 aromatic heterocycles. The summed E-state index contributed by atoms with van der Waals surface area (Å²) in [6, 6.07) is 10.8. The van der Waals surface area contributed by atoms with Crippen molar-refractivity contribution in [1.29, 1.82) is 0 Å². The first-order chi connectivity index (χ1) is 10.1. The van der Waals surface area contributed by atoms with Crippen LogP contribution in [0.5, 0.6) is 0 Å². The highest BCUT2D eigenvalue weighted by atomic mass is 32.1. The van der Waals surface area contributed by atoms with Crippen molar-refractivity contribution in [2.45, 2.75) is 45.4 Å². The standard InChI is InChI=1S/C19H26NS/c1-15(2)13-18(10-9-17-7-5-4-6-8-17)14-16(3)19-20-11-12-21-19/h4-8,11-12,15-16,18H,3,9-10,13-14H2,1-2H3. The van der Waals surface area contributed by atoms with Crippen LogP contribution in [0.3, 0.4) is 0 Å². The zero-order valence-electron chi connectivity index (χ0n) is 13.2. The maximum absolute atomic E-state index is 4.42. The second-order valence-electron chi connectivity index (χ2n) is 6.32. The van der Waals surface area contributed by atoms with E-state index in [1.807, 2.05) is 6.20 Å². The first-order valence-electron chi connectivity index (χ1n) is 7.91. The SMILES string of the molecule is [CH2]C(CC(CCc1ccccc1)CC(C)C)c1nccs1. The van der Waals surface area contributed by atoms with Crippen LogP contribution in [0.25, 0.3) is 0 Å². The quantitative estimate of drug-likeness (QED) is 0.605. The highest BCUT2D eigenvalue weighted by molar-refractivity contribution is 7.09. The Bertz CT molecular complexity index is 490. The number of benzene rings is 1. The van der Waals surface area contributed by atoms with E-state index in [9.17, 15) is 0 Å². The van der Waals surface area contributed by atoms with Crippen molar-refractivity contribution >= 4 is 11.3 Å². The fourth-order valence-corrected chi connectivity index (χ4v) is 3.62. The van der Waals surface area contributed by atoms with E-state index in [-0.39, 0.29) is 0 Å². The molecule has 2 heteroatoms. The molecule has 0 fully saturated rings. The minimum Gasteiger partial charge on any atom is -0.249 e. The van der Waals surface area contributed by atoms with Gasteiger partial charge in [0.05, 0.1) is 5.01 Å². The van der Waals surface area contributed by atoms with Gasteiger partial charge in [0, 0.05) is 17.5 Å². The van der Waals surface area contributed by atoms with Crippen LogP contribution in [0.2, 0.25) is 0 Å². The lowest BCUT2D eigenvalue weighted by atomic mass is 9.85. The van der Waals surface area contributed by atoms with Gasteiger partial charge in [-0.05, 0) is 50.0 Å². The second-order valence-corrected chi connectivity index (χ2v) is 7.25. The first kappa shape index (κ1) is 16.2. The summed E-state index contributed by atoms with van der Waals surface area (Å²) in [7, 11) is 0. The van der Waals surface area contributed by atoms with Crippen LogP contribution < -0.4 is 0 Å². The third-order valence-electron chi connectivity index (χ3n) is 3.91. The molecule has 0 amide bonds. The van der Waals surface area contributed by atoms with Gasteiger partial charge in [0.2, 0.25) is 0 Å². The molecule has 0 N–H and O–H groups in total. The number of hydrogen-bond donors (Lipinski definition) is 0. The molecular weight excluding hydrogens is 274 g/mol. The number of nitrogens with zero attached hydrogens (tertiary/aromatic N) is 1. The third-order valence-corrected chi connectivity index (χ3v) is 4.85. The fourth-order valence-electron chi connectivity index (χ4n) is 2.95. The summed E-state index contributed by atoms with van der Waals surface area (Å²) in [5.74, 6) is 1.82. The fraction of sp³-hybridized carbons (Fsp3) is 0.474. The van der Waals surface area contributed by atoms with E-state index >= 15 is 0 Å². The molecule has 1 radical (unpaired) electrons. The van der Waals surface area contributed by atoms with E-state index in [4.69, 9.17) is 0 Å². The monoisotopic (exact) mass is 300 g/mol. The average molecular weight is 300 g/mol. The van der Waals surface area contributed by atoms with Crippen molar-refractivity contribution in [2.75, 3.05) is 0 Å². The van der Waals surface area contributed by atoms with Crippen molar-refractivity contribution < 1.29 is 0 Å². The van der Waals surface area contributed by atoms with Gasteiger partial charge in [-0.15, -0.1) is 11.3 Å². The molecule has 0 aliphatic carbocycles. The largest absolute Gasteiger partial charge is 0.249 e. The number of aromatic nitrogens is 1. The van der Waals surface area contributed by atoms with E-state index in [2.05, 4.69) is 61.5 Å². The van der Waals surface area contributed by atoms with Crippen molar-refractivity contribution in [3.05, 3.63) is 59.4 Å². The van der Waals surface area contributed by atoms with Gasteiger partial charge < -0.3 is 0 Å². The number of aryl methyl sites for hydroxylation is 1. The van der Waals surface area contributed by atoms with Gasteiger partial charge in [-0.3, -0.25) is 0 Å². The van der Waals surface area contributed by atoms with Crippen LogP contribution in [0.15, 0.2) is 41.9 Å². The Kier molecular flexibility index (Phi) is 6.44. The Morgan fingerprint density at radius 3 is 2.52 bits per heavy atom. The molecule has 0 aliphatic heterocycles. The molecule has 2 unspecified atom stereocenters. The molecule has 0 saturated heterocycles. The van der Waals surface area contributed by atoms with Gasteiger partial charge in [0.1, 0.15) is 0 Å². The van der Waals surface area contributed by atoms with Crippen molar-refractivity contribution in [3.8, 4) is 0 Å². The summed E-state index contributed by atoms with van der Waals surface area (Å²) in [6.45, 7) is 8.96. The number of hydrogen-bond acceptors (Lipinski definition) is 2. The van der Waals surface area contributed by atoms with E-state index in [0.717, 1.165) is 18.3 Å². The number of rotatable bonds is 8. The lowest BCUT2D eigenvalue weighted by Gasteiger charge is -2.22. The summed E-state index contributed by atoms with van der Waals surface area (Å²) in [5, 5.41) is 3.23. The minimum absolute atomic E-state index is 0.338. The molecule has 1 heterocycles. The van der Waals surface area contributed by atoms with Crippen LogP contribution in [-0.4, -0.2) is 4.98 Å². The lowest BCUT2D eigenvalue weighted by Crippen LogP contribution is -2.10. The van der Waals surface area contributed by atoms with Gasteiger partial charge in [-0.1, -0.05) is 44.2 Å². The summed E-state index contributed by atoms with van der Waals surface area (Å²) in [5.41, 5.74) is 1.45. The molecule has 2 atom stereocenters. The molecule has 1 aromatic carbocycles. The van der Waals surface area contributed by atoms with Crippen LogP contribution in [0, 0.1) is 18.8 Å². The van der Waals surface area contributed by atoms with Gasteiger partial charge in [-0.2, -0.15) is 0 Å². The molecule has 2 aromatic rings. The highest BCUT2D eigenvalue weighted by Gasteiger charge is 2.17. The third kappa shape index (κ3) is 5.62. The van der Waals surface area contributed by atoms with Gasteiger partial charge in [-0.25, -0.2) is 4.98 Å². The molecule has 0 saturated carbocycles. The normalized spacial score (nSPS) is 14.3. The van der Waals surface area contributed by atoms with Crippen LogP contribution in [0.1, 0.15) is 49.6 Å². The molecule has 113 valence electrons. The molecular formula is C19H26NS. The molecule has 2 rings (SSSR count). The van der Waals surface area contributed by atoms with E-state index in [1.165, 1.54) is 29.8 Å². The molecule has 1 nitrogen and oxygen atoms in total. The Balaban J connectivity index is 1.91. The van der Waals surface area contributed by atoms with Crippen molar-refractivity contribution in [2.24, 2.45) is 11.8 Å². The van der Waals surface area contributed by atoms with Crippen molar-refractivity contribution in [1.82, 2.24) is 4.98 Å². The minimum atomic E-state index is 0.338. The molecule has 0 bridgehead atoms. The smallest absolute Gasteiger partial charge is 0.0955 e. The van der Waals surface area contributed by atoms with Gasteiger partial charge in [0.25, 0.3) is 0 Å². The molecule has 0 aliphatic rings. The summed E-state index contributed by atoms with van der Waals surface area (Å²) in [4.78, 5) is 4.42. The van der Waals surface area contributed by atoms with Gasteiger partial charge >= 0.3 is 0 Å². The summed E-state index contributed by atoms with van der Waals surface area (Å²) < 4.78 is 0. The highest BCUT2D eigenvalue weighted by Crippen LogP contribution is 2.30. The number of thiazole rings is 1. The second kappa shape index (κ2) is 8.33. The Hall–Kier alpha value is -1.15. The Morgan fingerprint density at radius 2 is 1.90 bits per heavy atom. The van der Waals surface area contributed by atoms with Gasteiger partial charge in [0.15, 0.2) is 0 Å². The molecule has 21 heavy (non-hydrogen) atoms. The molecule has 0 spiro atoms. The van der Waals surface area contributed by atoms with Crippen LogP contribution in [-0.2, 0) is 6.42 Å². The maximum atomic E-state index is 4.42. The first-order valence-corrected chi connectivity index (χ1v) is 8.79. The summed E-state index contributed by atoms with van der Waals surface area (Å²) in [6.07, 6.45) is 6.74. The van der Waals surface area contributed by atoms with Crippen LogP contribution in [0.4, 0.5) is 0 Å².